The fourth-order valence-corrected chi connectivity index (χ4v) is 4.56. The van der Waals surface area contributed by atoms with Gasteiger partial charge in [-0.3, -0.25) is 4.90 Å². The number of benzene rings is 1. The maximum atomic E-state index is 4.84. The van der Waals surface area contributed by atoms with Crippen molar-refractivity contribution in [3.05, 3.63) is 53.6 Å². The molecule has 0 N–H and O–H groups in total. The van der Waals surface area contributed by atoms with Gasteiger partial charge in [0.1, 0.15) is 5.01 Å². The highest BCUT2D eigenvalue weighted by molar-refractivity contribution is 7.13. The van der Waals surface area contributed by atoms with Crippen LogP contribution in [0.1, 0.15) is 31.4 Å². The second-order valence-corrected chi connectivity index (χ2v) is 7.08. The Morgan fingerprint density at radius 1 is 1.14 bits per heavy atom. The van der Waals surface area contributed by atoms with Gasteiger partial charge in [-0.1, -0.05) is 42.5 Å². The summed E-state index contributed by atoms with van der Waals surface area (Å²) >= 11 is 1.76. The molecule has 2 aliphatic rings. The van der Waals surface area contributed by atoms with Gasteiger partial charge < -0.3 is 0 Å². The van der Waals surface area contributed by atoms with Crippen molar-refractivity contribution < 1.29 is 0 Å². The van der Waals surface area contributed by atoms with E-state index in [9.17, 15) is 0 Å². The molecule has 0 amide bonds. The molecule has 2 aliphatic heterocycles. The van der Waals surface area contributed by atoms with Crippen LogP contribution in [0.5, 0.6) is 0 Å². The predicted molar refractivity (Wildman–Crippen MR) is 88.3 cm³/mol. The number of hydrogen-bond acceptors (Lipinski definition) is 3. The van der Waals surface area contributed by atoms with Gasteiger partial charge in [0.15, 0.2) is 0 Å². The molecule has 0 radical (unpaired) electrons. The number of hydrogen-bond donors (Lipinski definition) is 0. The predicted octanol–water partition coefficient (Wildman–Crippen LogP) is 4.49. The smallest absolute Gasteiger partial charge is 0.123 e. The Hall–Kier alpha value is -1.45. The monoisotopic (exact) mass is 296 g/mol. The zero-order valence-corrected chi connectivity index (χ0v) is 13.0. The van der Waals surface area contributed by atoms with Gasteiger partial charge in [0.05, 0.1) is 5.69 Å². The summed E-state index contributed by atoms with van der Waals surface area (Å²) in [5.74, 6) is 0. The third-order valence-corrected chi connectivity index (χ3v) is 5.68. The van der Waals surface area contributed by atoms with Gasteiger partial charge in [-0.05, 0) is 25.7 Å². The van der Waals surface area contributed by atoms with E-state index in [0.29, 0.717) is 12.1 Å². The molecule has 2 unspecified atom stereocenters. The zero-order valence-electron chi connectivity index (χ0n) is 12.2. The minimum absolute atomic E-state index is 0.707. The Bertz CT molecular complexity index is 630. The molecular formula is C18H20N2S. The molecule has 2 nitrogen and oxygen atoms in total. The summed E-state index contributed by atoms with van der Waals surface area (Å²) in [7, 11) is 0. The van der Waals surface area contributed by atoms with Crippen molar-refractivity contribution in [2.24, 2.45) is 0 Å². The lowest BCUT2D eigenvalue weighted by Crippen LogP contribution is -2.39. The molecule has 1 aromatic heterocycles. The second-order valence-electron chi connectivity index (χ2n) is 6.23. The minimum atomic E-state index is 0.707. The van der Waals surface area contributed by atoms with Gasteiger partial charge in [0.25, 0.3) is 0 Å². The summed E-state index contributed by atoms with van der Waals surface area (Å²) in [5.41, 5.74) is 3.90. The Labute approximate surface area is 130 Å². The van der Waals surface area contributed by atoms with Crippen molar-refractivity contribution in [2.45, 2.75) is 44.3 Å². The summed E-state index contributed by atoms with van der Waals surface area (Å²) < 4.78 is 0. The Morgan fingerprint density at radius 2 is 1.86 bits per heavy atom. The van der Waals surface area contributed by atoms with E-state index in [0.717, 1.165) is 11.6 Å². The van der Waals surface area contributed by atoms with E-state index in [2.05, 4.69) is 47.2 Å². The summed E-state index contributed by atoms with van der Waals surface area (Å²) in [6.45, 7) is 5.21. The molecule has 0 saturated carbocycles. The first kappa shape index (κ1) is 13.2. The van der Waals surface area contributed by atoms with Crippen LogP contribution in [-0.2, 0) is 6.54 Å². The lowest BCUT2D eigenvalue weighted by molar-refractivity contribution is 0.156. The summed E-state index contributed by atoms with van der Waals surface area (Å²) in [5, 5.41) is 3.37. The number of aromatic nitrogens is 1. The molecule has 0 aliphatic carbocycles. The molecule has 4 rings (SSSR count). The van der Waals surface area contributed by atoms with E-state index < -0.39 is 0 Å². The molecule has 21 heavy (non-hydrogen) atoms. The first-order valence-electron chi connectivity index (χ1n) is 7.72. The molecule has 2 bridgehead atoms. The fourth-order valence-electron chi connectivity index (χ4n) is 3.74. The lowest BCUT2D eigenvalue weighted by atomic mass is 9.98. The van der Waals surface area contributed by atoms with Crippen molar-refractivity contribution in [3.8, 4) is 10.6 Å². The highest BCUT2D eigenvalue weighted by Gasteiger charge is 2.37. The Balaban J connectivity index is 1.51. The van der Waals surface area contributed by atoms with E-state index in [-0.39, 0.29) is 0 Å². The molecular weight excluding hydrogens is 276 g/mol. The van der Waals surface area contributed by atoms with Crippen LogP contribution < -0.4 is 0 Å². The molecule has 3 heteroatoms. The Morgan fingerprint density at radius 3 is 2.57 bits per heavy atom. The molecule has 3 heterocycles. The van der Waals surface area contributed by atoms with Crippen molar-refractivity contribution in [2.75, 3.05) is 0 Å². The van der Waals surface area contributed by atoms with Gasteiger partial charge in [0, 0.05) is 29.6 Å². The first-order valence-corrected chi connectivity index (χ1v) is 8.60. The maximum Gasteiger partial charge on any atom is 0.123 e. The number of rotatable bonds is 3. The van der Waals surface area contributed by atoms with Gasteiger partial charge in [0.2, 0.25) is 0 Å². The average Bonchev–Trinajstić information content (AvgIpc) is 3.05. The van der Waals surface area contributed by atoms with E-state index in [1.165, 1.54) is 42.5 Å². The van der Waals surface area contributed by atoms with E-state index in [1.807, 2.05) is 0 Å². The van der Waals surface area contributed by atoms with E-state index in [1.54, 1.807) is 11.3 Å². The Kier molecular flexibility index (Phi) is 3.40. The van der Waals surface area contributed by atoms with E-state index in [4.69, 9.17) is 4.98 Å². The second kappa shape index (κ2) is 5.39. The zero-order chi connectivity index (χ0) is 14.2. The summed E-state index contributed by atoms with van der Waals surface area (Å²) in [6.07, 6.45) is 5.04. The van der Waals surface area contributed by atoms with Crippen molar-refractivity contribution >= 4 is 11.3 Å². The number of thiazole rings is 1. The summed E-state index contributed by atoms with van der Waals surface area (Å²) in [4.78, 5) is 7.51. The van der Waals surface area contributed by atoms with Crippen LogP contribution in [0.2, 0.25) is 0 Å². The highest BCUT2D eigenvalue weighted by atomic mass is 32.1. The van der Waals surface area contributed by atoms with Crippen LogP contribution in [-0.4, -0.2) is 22.0 Å². The van der Waals surface area contributed by atoms with E-state index >= 15 is 0 Å². The van der Waals surface area contributed by atoms with Gasteiger partial charge in [-0.15, -0.1) is 11.3 Å². The minimum Gasteiger partial charge on any atom is -0.291 e. The third kappa shape index (κ3) is 2.56. The SMILES string of the molecule is C=C1CC2CCC(C1)N2Cc1csc(-c2ccccc2)n1. The molecule has 0 spiro atoms. The van der Waals surface area contributed by atoms with Crippen molar-refractivity contribution in [3.63, 3.8) is 0 Å². The number of nitrogens with zero attached hydrogens (tertiary/aromatic N) is 2. The molecule has 2 aromatic rings. The molecule has 2 saturated heterocycles. The summed E-state index contributed by atoms with van der Waals surface area (Å²) in [6, 6.07) is 11.9. The van der Waals surface area contributed by atoms with Crippen LogP contribution in [0, 0.1) is 0 Å². The maximum absolute atomic E-state index is 4.84. The highest BCUT2D eigenvalue weighted by Crippen LogP contribution is 2.38. The van der Waals surface area contributed by atoms with Crippen molar-refractivity contribution in [1.29, 1.82) is 0 Å². The molecule has 1 aromatic carbocycles. The van der Waals surface area contributed by atoms with Gasteiger partial charge in [-0.2, -0.15) is 0 Å². The van der Waals surface area contributed by atoms with Gasteiger partial charge in [-0.25, -0.2) is 4.98 Å². The average molecular weight is 296 g/mol. The van der Waals surface area contributed by atoms with Crippen LogP contribution in [0.15, 0.2) is 47.9 Å². The topological polar surface area (TPSA) is 16.1 Å². The molecule has 2 fully saturated rings. The molecule has 108 valence electrons. The van der Waals surface area contributed by atoms with Crippen molar-refractivity contribution in [1.82, 2.24) is 9.88 Å². The molecule has 2 atom stereocenters. The number of piperidine rings is 1. The first-order chi connectivity index (χ1) is 10.3. The lowest BCUT2D eigenvalue weighted by Gasteiger charge is -2.35. The van der Waals surface area contributed by atoms with Crippen LogP contribution in [0.3, 0.4) is 0 Å². The quantitative estimate of drug-likeness (QED) is 0.776. The third-order valence-electron chi connectivity index (χ3n) is 4.74. The normalized spacial score (nSPS) is 25.4. The fraction of sp³-hybridized carbons (Fsp3) is 0.389. The van der Waals surface area contributed by atoms with Crippen LogP contribution in [0.25, 0.3) is 10.6 Å². The standard InChI is InChI=1S/C18H20N2S/c1-13-9-16-7-8-17(10-13)20(16)11-15-12-21-18(19-15)14-5-3-2-4-6-14/h2-6,12,16-17H,1,7-11H2. The van der Waals surface area contributed by atoms with Crippen LogP contribution in [0.4, 0.5) is 0 Å². The largest absolute Gasteiger partial charge is 0.291 e. The van der Waals surface area contributed by atoms with Gasteiger partial charge >= 0.3 is 0 Å². The van der Waals surface area contributed by atoms with Crippen LogP contribution >= 0.6 is 11.3 Å². The number of fused-ring (bicyclic) bond motifs is 2.